The number of aromatic nitrogens is 1. The molecule has 0 aromatic carbocycles. The van der Waals surface area contributed by atoms with Gasteiger partial charge in [-0.1, -0.05) is 0 Å². The summed E-state index contributed by atoms with van der Waals surface area (Å²) in [6, 6.07) is 3.12. The van der Waals surface area contributed by atoms with E-state index in [1.165, 1.54) is 12.4 Å². The van der Waals surface area contributed by atoms with Gasteiger partial charge in [0.25, 0.3) is 5.91 Å². The van der Waals surface area contributed by atoms with Gasteiger partial charge in [0.2, 0.25) is 0 Å². The summed E-state index contributed by atoms with van der Waals surface area (Å²) in [6.45, 7) is -0.0299. The third kappa shape index (κ3) is 7.06. The SMILES string of the molecule is Cl.O=C(NCCSC(F)(F)F)c1cccnc1. The molecule has 1 heterocycles. The lowest BCUT2D eigenvalue weighted by Gasteiger charge is -2.06. The molecule has 1 aromatic rings. The molecule has 1 N–H and O–H groups in total. The van der Waals surface area contributed by atoms with Crippen LogP contribution in [0, 0.1) is 0 Å². The van der Waals surface area contributed by atoms with Crippen LogP contribution in [0.4, 0.5) is 13.2 Å². The predicted molar refractivity (Wildman–Crippen MR) is 62.3 cm³/mol. The molecule has 0 saturated carbocycles. The van der Waals surface area contributed by atoms with Crippen LogP contribution in [-0.2, 0) is 0 Å². The van der Waals surface area contributed by atoms with E-state index in [0.717, 1.165) is 0 Å². The molecular formula is C9H10ClF3N2OS. The van der Waals surface area contributed by atoms with Crippen LogP contribution in [0.25, 0.3) is 0 Å². The maximum absolute atomic E-state index is 11.7. The van der Waals surface area contributed by atoms with Gasteiger partial charge in [-0.05, 0) is 23.9 Å². The van der Waals surface area contributed by atoms with E-state index >= 15 is 0 Å². The predicted octanol–water partition coefficient (Wildman–Crippen LogP) is 2.49. The Hall–Kier alpha value is -0.950. The molecule has 8 heteroatoms. The lowest BCUT2D eigenvalue weighted by Crippen LogP contribution is -2.26. The first-order valence-corrected chi connectivity index (χ1v) is 5.36. The fourth-order valence-electron chi connectivity index (χ4n) is 0.930. The van der Waals surface area contributed by atoms with Crippen LogP contribution in [0.5, 0.6) is 0 Å². The molecule has 0 aliphatic rings. The molecule has 0 bridgehead atoms. The van der Waals surface area contributed by atoms with Gasteiger partial charge in [0.05, 0.1) is 5.56 Å². The first-order valence-electron chi connectivity index (χ1n) is 4.38. The largest absolute Gasteiger partial charge is 0.441 e. The van der Waals surface area contributed by atoms with Gasteiger partial charge >= 0.3 is 5.51 Å². The maximum Gasteiger partial charge on any atom is 0.441 e. The number of carbonyl (C=O) groups excluding carboxylic acids is 1. The Morgan fingerprint density at radius 2 is 2.18 bits per heavy atom. The average Bonchev–Trinajstić information content (AvgIpc) is 2.24. The van der Waals surface area contributed by atoms with Crippen LogP contribution in [-0.4, -0.2) is 28.7 Å². The Labute approximate surface area is 107 Å². The van der Waals surface area contributed by atoms with Crippen molar-refractivity contribution in [2.45, 2.75) is 5.51 Å². The summed E-state index contributed by atoms with van der Waals surface area (Å²) >= 11 is -0.160. The molecule has 0 unspecified atom stereocenters. The minimum Gasteiger partial charge on any atom is -0.351 e. The van der Waals surface area contributed by atoms with Crippen LogP contribution >= 0.6 is 24.2 Å². The summed E-state index contributed by atoms with van der Waals surface area (Å²) in [6.07, 6.45) is 2.86. The second-order valence-corrected chi connectivity index (χ2v) is 3.95. The van der Waals surface area contributed by atoms with Crippen LogP contribution < -0.4 is 5.32 Å². The Balaban J connectivity index is 0.00000256. The van der Waals surface area contributed by atoms with Crippen molar-refractivity contribution in [3.63, 3.8) is 0 Å². The average molecular weight is 287 g/mol. The molecular weight excluding hydrogens is 277 g/mol. The maximum atomic E-state index is 11.7. The monoisotopic (exact) mass is 286 g/mol. The van der Waals surface area contributed by atoms with Crippen LogP contribution in [0.3, 0.4) is 0 Å². The molecule has 0 fully saturated rings. The summed E-state index contributed by atoms with van der Waals surface area (Å²) in [5.41, 5.74) is -3.92. The summed E-state index contributed by atoms with van der Waals surface area (Å²) in [5, 5.41) is 2.37. The first kappa shape index (κ1) is 16.1. The molecule has 0 saturated heterocycles. The minimum atomic E-state index is -4.25. The first-order chi connectivity index (χ1) is 7.49. The molecule has 0 aliphatic carbocycles. The van der Waals surface area contributed by atoms with Gasteiger partial charge < -0.3 is 5.32 Å². The molecule has 1 rings (SSSR count). The number of pyridine rings is 1. The molecule has 0 spiro atoms. The van der Waals surface area contributed by atoms with E-state index in [-0.39, 0.29) is 36.5 Å². The molecule has 0 aliphatic heterocycles. The lowest BCUT2D eigenvalue weighted by molar-refractivity contribution is -0.0327. The fourth-order valence-corrected chi connectivity index (χ4v) is 1.37. The Kier molecular flexibility index (Phi) is 6.98. The quantitative estimate of drug-likeness (QED) is 0.865. The standard InChI is InChI=1S/C9H9F3N2OS.ClH/c10-9(11,12)16-5-4-14-8(15)7-2-1-3-13-6-7;/h1-3,6H,4-5H2,(H,14,15);1H. The zero-order chi connectivity index (χ0) is 12.0. The Morgan fingerprint density at radius 1 is 1.47 bits per heavy atom. The number of nitrogens with one attached hydrogen (secondary N) is 1. The van der Waals surface area contributed by atoms with Gasteiger partial charge in [-0.15, -0.1) is 12.4 Å². The number of thioether (sulfide) groups is 1. The molecule has 1 aromatic heterocycles. The van der Waals surface area contributed by atoms with Crippen molar-refractivity contribution in [3.05, 3.63) is 30.1 Å². The highest BCUT2D eigenvalue weighted by Crippen LogP contribution is 2.29. The Bertz CT molecular complexity index is 348. The Morgan fingerprint density at radius 3 is 2.71 bits per heavy atom. The minimum absolute atomic E-state index is 0. The van der Waals surface area contributed by atoms with E-state index in [9.17, 15) is 18.0 Å². The molecule has 3 nitrogen and oxygen atoms in total. The zero-order valence-corrected chi connectivity index (χ0v) is 10.2. The van der Waals surface area contributed by atoms with Gasteiger partial charge in [-0.2, -0.15) is 13.2 Å². The third-order valence-electron chi connectivity index (χ3n) is 1.58. The van der Waals surface area contributed by atoms with E-state index in [4.69, 9.17) is 0 Å². The number of alkyl halides is 3. The van der Waals surface area contributed by atoms with Crippen LogP contribution in [0.2, 0.25) is 0 Å². The van der Waals surface area contributed by atoms with Crippen molar-refractivity contribution < 1.29 is 18.0 Å². The normalized spacial score (nSPS) is 10.5. The number of hydrogen-bond donors (Lipinski definition) is 1. The second kappa shape index (κ2) is 7.39. The number of amides is 1. The second-order valence-electron chi connectivity index (χ2n) is 2.79. The van der Waals surface area contributed by atoms with E-state index in [1.54, 1.807) is 12.1 Å². The van der Waals surface area contributed by atoms with E-state index in [1.807, 2.05) is 0 Å². The smallest absolute Gasteiger partial charge is 0.351 e. The van der Waals surface area contributed by atoms with Crippen molar-refractivity contribution in [1.82, 2.24) is 10.3 Å². The molecule has 1 amide bonds. The number of halogens is 4. The summed E-state index contributed by atoms with van der Waals surface area (Å²) in [7, 11) is 0. The molecule has 0 atom stereocenters. The van der Waals surface area contributed by atoms with E-state index in [0.29, 0.717) is 5.56 Å². The van der Waals surface area contributed by atoms with Crippen molar-refractivity contribution in [2.24, 2.45) is 0 Å². The van der Waals surface area contributed by atoms with Crippen molar-refractivity contribution >= 4 is 30.1 Å². The van der Waals surface area contributed by atoms with Gasteiger partial charge in [0, 0.05) is 24.7 Å². The molecule has 0 radical (unpaired) electrons. The van der Waals surface area contributed by atoms with Gasteiger partial charge in [0.1, 0.15) is 0 Å². The molecule has 17 heavy (non-hydrogen) atoms. The van der Waals surface area contributed by atoms with Crippen molar-refractivity contribution in [3.8, 4) is 0 Å². The number of carbonyl (C=O) groups is 1. The van der Waals surface area contributed by atoms with Gasteiger partial charge in [-0.25, -0.2) is 0 Å². The number of rotatable bonds is 4. The summed E-state index contributed by atoms with van der Waals surface area (Å²) in [5.74, 6) is -0.619. The molecule has 96 valence electrons. The van der Waals surface area contributed by atoms with Crippen LogP contribution in [0.15, 0.2) is 24.5 Å². The number of hydrogen-bond acceptors (Lipinski definition) is 3. The topological polar surface area (TPSA) is 42.0 Å². The van der Waals surface area contributed by atoms with Gasteiger partial charge in [0.15, 0.2) is 0 Å². The fraction of sp³-hybridized carbons (Fsp3) is 0.333. The van der Waals surface area contributed by atoms with Gasteiger partial charge in [-0.3, -0.25) is 9.78 Å². The van der Waals surface area contributed by atoms with Crippen LogP contribution in [0.1, 0.15) is 10.4 Å². The highest BCUT2D eigenvalue weighted by molar-refractivity contribution is 8.00. The zero-order valence-electron chi connectivity index (χ0n) is 8.53. The summed E-state index contributed by atoms with van der Waals surface area (Å²) < 4.78 is 35.2. The summed E-state index contributed by atoms with van der Waals surface area (Å²) in [4.78, 5) is 15.1. The third-order valence-corrected chi connectivity index (χ3v) is 2.31. The van der Waals surface area contributed by atoms with Crippen molar-refractivity contribution in [2.75, 3.05) is 12.3 Å². The van der Waals surface area contributed by atoms with Crippen molar-refractivity contribution in [1.29, 1.82) is 0 Å². The lowest BCUT2D eigenvalue weighted by atomic mass is 10.3. The van der Waals surface area contributed by atoms with E-state index < -0.39 is 11.4 Å². The van der Waals surface area contributed by atoms with E-state index in [2.05, 4.69) is 10.3 Å². The number of nitrogens with zero attached hydrogens (tertiary/aromatic N) is 1. The highest BCUT2D eigenvalue weighted by atomic mass is 35.5. The highest BCUT2D eigenvalue weighted by Gasteiger charge is 2.27.